The molecule has 0 amide bonds. The van der Waals surface area contributed by atoms with Crippen molar-refractivity contribution in [1.29, 1.82) is 0 Å². The van der Waals surface area contributed by atoms with Gasteiger partial charge in [-0.15, -0.1) is 0 Å². The average molecular weight is 316 g/mol. The molecular weight excluding hydrogens is 303 g/mol. The van der Waals surface area contributed by atoms with Gasteiger partial charge in [-0.25, -0.2) is 8.78 Å². The predicted octanol–water partition coefficient (Wildman–Crippen LogP) is 4.97. The van der Waals surface area contributed by atoms with Crippen molar-refractivity contribution in [3.05, 3.63) is 69.2 Å². The summed E-state index contributed by atoms with van der Waals surface area (Å²) in [5.74, 6) is -1.18. The third-order valence-electron chi connectivity index (χ3n) is 2.96. The highest BCUT2D eigenvalue weighted by Gasteiger charge is 2.19. The van der Waals surface area contributed by atoms with Gasteiger partial charge >= 0.3 is 0 Å². The minimum Gasteiger partial charge on any atom is -0.306 e. The summed E-state index contributed by atoms with van der Waals surface area (Å²) < 4.78 is 27.6. The molecule has 1 N–H and O–H groups in total. The van der Waals surface area contributed by atoms with Gasteiger partial charge in [-0.3, -0.25) is 0 Å². The molecule has 0 bridgehead atoms. The maximum atomic E-state index is 14.1. The molecule has 2 rings (SSSR count). The van der Waals surface area contributed by atoms with Crippen LogP contribution in [0.25, 0.3) is 0 Å². The van der Waals surface area contributed by atoms with Crippen molar-refractivity contribution in [2.24, 2.45) is 0 Å². The number of rotatable bonds is 4. The first-order valence-corrected chi connectivity index (χ1v) is 6.91. The fourth-order valence-corrected chi connectivity index (χ4v) is 2.30. The Kier molecular flexibility index (Phi) is 4.97. The molecule has 2 aromatic rings. The fourth-order valence-electron chi connectivity index (χ4n) is 2.03. The van der Waals surface area contributed by atoms with Gasteiger partial charge in [-0.05, 0) is 36.4 Å². The number of benzene rings is 2. The van der Waals surface area contributed by atoms with E-state index in [4.69, 9.17) is 23.2 Å². The van der Waals surface area contributed by atoms with Crippen LogP contribution in [-0.2, 0) is 0 Å². The number of nitrogens with one attached hydrogen (secondary N) is 1. The molecular formula is C15H13Cl2F2N. The third kappa shape index (κ3) is 3.29. The molecule has 0 radical (unpaired) electrons. The Labute approximate surface area is 126 Å². The van der Waals surface area contributed by atoms with E-state index in [0.717, 1.165) is 17.7 Å². The van der Waals surface area contributed by atoms with Gasteiger partial charge in [0.05, 0.1) is 11.1 Å². The lowest BCUT2D eigenvalue weighted by Gasteiger charge is -2.20. The Morgan fingerprint density at radius 3 is 2.30 bits per heavy atom. The Morgan fingerprint density at radius 2 is 1.70 bits per heavy atom. The van der Waals surface area contributed by atoms with Gasteiger partial charge in [0.25, 0.3) is 0 Å². The maximum Gasteiger partial charge on any atom is 0.142 e. The van der Waals surface area contributed by atoms with Crippen molar-refractivity contribution in [3.63, 3.8) is 0 Å². The second kappa shape index (κ2) is 6.53. The molecule has 0 aliphatic carbocycles. The van der Waals surface area contributed by atoms with Gasteiger partial charge in [-0.2, -0.15) is 0 Å². The molecule has 0 aliphatic rings. The molecule has 1 nitrogen and oxygen atoms in total. The lowest BCUT2D eigenvalue weighted by molar-refractivity contribution is 0.545. The van der Waals surface area contributed by atoms with Gasteiger partial charge in [0.15, 0.2) is 0 Å². The minimum absolute atomic E-state index is 0.219. The first-order valence-electron chi connectivity index (χ1n) is 6.16. The molecule has 20 heavy (non-hydrogen) atoms. The summed E-state index contributed by atoms with van der Waals surface area (Å²) in [6.45, 7) is 2.50. The van der Waals surface area contributed by atoms with Crippen molar-refractivity contribution in [2.45, 2.75) is 13.0 Å². The zero-order valence-electron chi connectivity index (χ0n) is 10.8. The van der Waals surface area contributed by atoms with Crippen LogP contribution in [0.3, 0.4) is 0 Å². The zero-order valence-corrected chi connectivity index (χ0v) is 12.3. The van der Waals surface area contributed by atoms with E-state index in [2.05, 4.69) is 5.32 Å². The van der Waals surface area contributed by atoms with E-state index in [-0.39, 0.29) is 10.6 Å². The number of halogens is 4. The molecule has 0 saturated carbocycles. The second-order valence-corrected chi connectivity index (χ2v) is 5.17. The van der Waals surface area contributed by atoms with Gasteiger partial charge < -0.3 is 5.32 Å². The summed E-state index contributed by atoms with van der Waals surface area (Å²) in [4.78, 5) is 0. The van der Waals surface area contributed by atoms with Gasteiger partial charge in [0.2, 0.25) is 0 Å². The standard InChI is InChI=1S/C15H13Cl2F2N/c1-2-20-15(9-3-5-10(16)6-4-9)11-7-14(19)12(17)8-13(11)18/h3-8,15,20H,2H2,1H3. The number of hydrogen-bond acceptors (Lipinski definition) is 1. The highest BCUT2D eigenvalue weighted by atomic mass is 35.5. The normalized spacial score (nSPS) is 12.4. The van der Waals surface area contributed by atoms with Crippen molar-refractivity contribution < 1.29 is 8.78 Å². The first kappa shape index (κ1) is 15.2. The summed E-state index contributed by atoms with van der Waals surface area (Å²) in [5, 5.41) is 3.49. The quantitative estimate of drug-likeness (QED) is 0.785. The van der Waals surface area contributed by atoms with Crippen molar-refractivity contribution >= 4 is 23.2 Å². The Bertz CT molecular complexity index is 600. The topological polar surface area (TPSA) is 12.0 Å². The molecule has 0 aliphatic heterocycles. The first-order chi connectivity index (χ1) is 9.52. The van der Waals surface area contributed by atoms with E-state index in [1.807, 2.05) is 6.92 Å². The summed E-state index contributed by atoms with van der Waals surface area (Å²) in [5.41, 5.74) is 1.02. The van der Waals surface area contributed by atoms with Gasteiger partial charge in [0, 0.05) is 10.6 Å². The molecule has 0 saturated heterocycles. The molecule has 0 fully saturated rings. The molecule has 0 aromatic heterocycles. The fraction of sp³-hybridized carbons (Fsp3) is 0.200. The van der Waals surface area contributed by atoms with Crippen molar-refractivity contribution in [2.75, 3.05) is 6.54 Å². The average Bonchev–Trinajstić information content (AvgIpc) is 2.42. The molecule has 0 spiro atoms. The Morgan fingerprint density at radius 1 is 1.05 bits per heavy atom. The van der Waals surface area contributed by atoms with Crippen LogP contribution in [0, 0.1) is 11.6 Å². The summed E-state index contributed by atoms with van der Waals surface area (Å²) in [7, 11) is 0. The smallest absolute Gasteiger partial charge is 0.142 e. The van der Waals surface area contributed by atoms with E-state index in [1.165, 1.54) is 0 Å². The molecule has 2 aromatic carbocycles. The second-order valence-electron chi connectivity index (χ2n) is 4.33. The number of hydrogen-bond donors (Lipinski definition) is 1. The van der Waals surface area contributed by atoms with E-state index in [9.17, 15) is 8.78 Å². The minimum atomic E-state index is -0.639. The van der Waals surface area contributed by atoms with Gasteiger partial charge in [0.1, 0.15) is 11.6 Å². The van der Waals surface area contributed by atoms with E-state index >= 15 is 0 Å². The van der Waals surface area contributed by atoms with Crippen LogP contribution in [0.4, 0.5) is 8.78 Å². The van der Waals surface area contributed by atoms with Gasteiger partial charge in [-0.1, -0.05) is 42.3 Å². The summed E-state index contributed by atoms with van der Waals surface area (Å²) >= 11 is 11.4. The molecule has 0 heterocycles. The largest absolute Gasteiger partial charge is 0.306 e. The van der Waals surface area contributed by atoms with Crippen molar-refractivity contribution in [3.8, 4) is 0 Å². The van der Waals surface area contributed by atoms with Crippen LogP contribution in [0.2, 0.25) is 10.0 Å². The lowest BCUT2D eigenvalue weighted by atomic mass is 9.98. The van der Waals surface area contributed by atoms with Crippen LogP contribution in [0.5, 0.6) is 0 Å². The van der Waals surface area contributed by atoms with Crippen LogP contribution in [0.15, 0.2) is 36.4 Å². The molecule has 5 heteroatoms. The zero-order chi connectivity index (χ0) is 14.7. The monoisotopic (exact) mass is 315 g/mol. The molecule has 1 unspecified atom stereocenters. The highest BCUT2D eigenvalue weighted by molar-refractivity contribution is 6.31. The predicted molar refractivity (Wildman–Crippen MR) is 78.3 cm³/mol. The van der Waals surface area contributed by atoms with E-state index in [1.54, 1.807) is 24.3 Å². The van der Waals surface area contributed by atoms with Crippen molar-refractivity contribution in [1.82, 2.24) is 5.32 Å². The SMILES string of the molecule is CCNC(c1ccc(Cl)cc1)c1cc(F)c(Cl)cc1F. The third-order valence-corrected chi connectivity index (χ3v) is 3.50. The summed E-state index contributed by atoms with van der Waals surface area (Å²) in [6, 6.07) is 8.65. The molecule has 1 atom stereocenters. The Balaban J connectivity index is 2.48. The maximum absolute atomic E-state index is 14.1. The van der Waals surface area contributed by atoms with Crippen LogP contribution in [0.1, 0.15) is 24.1 Å². The van der Waals surface area contributed by atoms with E-state index in [0.29, 0.717) is 11.6 Å². The lowest BCUT2D eigenvalue weighted by Crippen LogP contribution is -2.23. The van der Waals surface area contributed by atoms with Crippen LogP contribution >= 0.6 is 23.2 Å². The molecule has 106 valence electrons. The summed E-state index contributed by atoms with van der Waals surface area (Å²) in [6.07, 6.45) is 0. The highest BCUT2D eigenvalue weighted by Crippen LogP contribution is 2.29. The van der Waals surface area contributed by atoms with Crippen LogP contribution < -0.4 is 5.32 Å². The van der Waals surface area contributed by atoms with Crippen LogP contribution in [-0.4, -0.2) is 6.54 Å². The Hall–Kier alpha value is -1.16. The van der Waals surface area contributed by atoms with E-state index < -0.39 is 17.7 Å².